The summed E-state index contributed by atoms with van der Waals surface area (Å²) in [6.07, 6.45) is 1.65. The zero-order valence-corrected chi connectivity index (χ0v) is 13.9. The zero-order valence-electron chi connectivity index (χ0n) is 12.3. The van der Waals surface area contributed by atoms with E-state index in [0.717, 1.165) is 18.8 Å². The normalized spacial score (nSPS) is 11.7. The van der Waals surface area contributed by atoms with Gasteiger partial charge in [0.2, 0.25) is 0 Å². The summed E-state index contributed by atoms with van der Waals surface area (Å²) in [6, 6.07) is 0. The number of hydrogen-bond donors (Lipinski definition) is 2. The lowest BCUT2D eigenvalue weighted by atomic mass is 9.93. The summed E-state index contributed by atoms with van der Waals surface area (Å²) in [7, 11) is 0. The van der Waals surface area contributed by atoms with Crippen molar-refractivity contribution < 1.29 is 5.11 Å². The van der Waals surface area contributed by atoms with Crippen LogP contribution in [0.4, 0.5) is 5.69 Å². The van der Waals surface area contributed by atoms with Crippen LogP contribution in [0, 0.1) is 5.41 Å². The van der Waals surface area contributed by atoms with Gasteiger partial charge in [0, 0.05) is 13.1 Å². The first-order chi connectivity index (χ1) is 9.36. The minimum Gasteiger partial charge on any atom is -0.394 e. The van der Waals surface area contributed by atoms with Crippen molar-refractivity contribution >= 4 is 21.6 Å². The van der Waals surface area contributed by atoms with Crippen molar-refractivity contribution in [3.05, 3.63) is 21.0 Å². The van der Waals surface area contributed by atoms with E-state index in [1.165, 1.54) is 4.68 Å². The number of aliphatic hydroxyl groups is 1. The van der Waals surface area contributed by atoms with Gasteiger partial charge in [-0.05, 0) is 34.8 Å². The molecule has 1 aromatic rings. The summed E-state index contributed by atoms with van der Waals surface area (Å²) >= 11 is 3.34. The van der Waals surface area contributed by atoms with Gasteiger partial charge in [-0.25, -0.2) is 4.68 Å². The van der Waals surface area contributed by atoms with Crippen LogP contribution < -0.4 is 16.2 Å². The molecule has 114 valence electrons. The molecular formula is C13H23BrN4O2. The number of rotatable bonds is 7. The van der Waals surface area contributed by atoms with Gasteiger partial charge < -0.3 is 15.7 Å². The molecule has 0 bridgehead atoms. The van der Waals surface area contributed by atoms with Crippen LogP contribution in [0.5, 0.6) is 0 Å². The number of nitrogens with two attached hydrogens (primary N) is 1. The molecule has 3 N–H and O–H groups in total. The third-order valence-corrected chi connectivity index (χ3v) is 3.92. The molecule has 0 fully saturated rings. The van der Waals surface area contributed by atoms with Crippen molar-refractivity contribution in [2.45, 2.75) is 27.3 Å². The molecule has 0 saturated carbocycles. The molecule has 0 aromatic carbocycles. The molecule has 0 amide bonds. The SMILES string of the molecule is CCN(CC(C)(C)CN)c1cnn(CCO)c(=O)c1Br. The number of nitrogens with zero attached hydrogens (tertiary/aromatic N) is 3. The van der Waals surface area contributed by atoms with E-state index in [4.69, 9.17) is 10.8 Å². The highest BCUT2D eigenvalue weighted by Gasteiger charge is 2.22. The van der Waals surface area contributed by atoms with Crippen LogP contribution in [0.15, 0.2) is 15.5 Å². The van der Waals surface area contributed by atoms with Crippen LogP contribution >= 0.6 is 15.9 Å². The Morgan fingerprint density at radius 1 is 1.55 bits per heavy atom. The van der Waals surface area contributed by atoms with Gasteiger partial charge in [0.15, 0.2) is 0 Å². The Hall–Kier alpha value is -0.920. The van der Waals surface area contributed by atoms with Crippen LogP contribution in [-0.4, -0.2) is 41.1 Å². The van der Waals surface area contributed by atoms with Gasteiger partial charge in [-0.15, -0.1) is 0 Å². The Kier molecular flexibility index (Phi) is 6.16. The van der Waals surface area contributed by atoms with E-state index < -0.39 is 0 Å². The van der Waals surface area contributed by atoms with E-state index in [2.05, 4.69) is 39.8 Å². The summed E-state index contributed by atoms with van der Waals surface area (Å²) in [4.78, 5) is 14.2. The van der Waals surface area contributed by atoms with Crippen molar-refractivity contribution in [2.75, 3.05) is 31.1 Å². The van der Waals surface area contributed by atoms with Crippen molar-refractivity contribution in [1.82, 2.24) is 9.78 Å². The van der Waals surface area contributed by atoms with Gasteiger partial charge in [-0.2, -0.15) is 5.10 Å². The number of hydrogen-bond acceptors (Lipinski definition) is 5. The predicted octanol–water partition coefficient (Wildman–Crippen LogP) is 0.809. The number of anilines is 1. The van der Waals surface area contributed by atoms with Gasteiger partial charge in [0.05, 0.1) is 25.0 Å². The number of aliphatic hydroxyl groups excluding tert-OH is 1. The quantitative estimate of drug-likeness (QED) is 0.763. The highest BCUT2D eigenvalue weighted by Crippen LogP contribution is 2.25. The Morgan fingerprint density at radius 3 is 2.70 bits per heavy atom. The van der Waals surface area contributed by atoms with E-state index in [-0.39, 0.29) is 24.1 Å². The highest BCUT2D eigenvalue weighted by molar-refractivity contribution is 9.10. The third kappa shape index (κ3) is 4.04. The fourth-order valence-electron chi connectivity index (χ4n) is 1.88. The summed E-state index contributed by atoms with van der Waals surface area (Å²) in [6.45, 7) is 8.34. The fourth-order valence-corrected chi connectivity index (χ4v) is 2.44. The second kappa shape index (κ2) is 7.19. The molecule has 0 radical (unpaired) electrons. The fraction of sp³-hybridized carbons (Fsp3) is 0.692. The molecular weight excluding hydrogens is 324 g/mol. The van der Waals surface area contributed by atoms with Crippen molar-refractivity contribution in [3.8, 4) is 0 Å². The van der Waals surface area contributed by atoms with Crippen LogP contribution in [-0.2, 0) is 6.54 Å². The average Bonchev–Trinajstić information content (AvgIpc) is 2.42. The lowest BCUT2D eigenvalue weighted by Crippen LogP contribution is -2.40. The molecule has 7 heteroatoms. The number of halogens is 1. The van der Waals surface area contributed by atoms with Gasteiger partial charge in [-0.3, -0.25) is 4.79 Å². The van der Waals surface area contributed by atoms with Gasteiger partial charge >= 0.3 is 0 Å². The molecule has 0 aliphatic carbocycles. The minimum absolute atomic E-state index is 0.0462. The average molecular weight is 347 g/mol. The van der Waals surface area contributed by atoms with Crippen molar-refractivity contribution in [3.63, 3.8) is 0 Å². The van der Waals surface area contributed by atoms with E-state index in [1.54, 1.807) is 6.20 Å². The van der Waals surface area contributed by atoms with E-state index in [0.29, 0.717) is 11.0 Å². The zero-order chi connectivity index (χ0) is 15.3. The first-order valence-corrected chi connectivity index (χ1v) is 7.47. The number of aromatic nitrogens is 2. The molecule has 20 heavy (non-hydrogen) atoms. The molecule has 0 aliphatic heterocycles. The first-order valence-electron chi connectivity index (χ1n) is 6.67. The molecule has 0 unspecified atom stereocenters. The third-order valence-electron chi connectivity index (χ3n) is 3.17. The topological polar surface area (TPSA) is 84.4 Å². The van der Waals surface area contributed by atoms with Gasteiger partial charge in [0.25, 0.3) is 5.56 Å². The molecule has 0 saturated heterocycles. The lowest BCUT2D eigenvalue weighted by molar-refractivity contribution is 0.266. The second-order valence-corrected chi connectivity index (χ2v) is 6.27. The Bertz CT molecular complexity index is 502. The highest BCUT2D eigenvalue weighted by atomic mass is 79.9. The van der Waals surface area contributed by atoms with Gasteiger partial charge in [-0.1, -0.05) is 13.8 Å². The molecule has 0 atom stereocenters. The molecule has 1 aromatic heterocycles. The summed E-state index contributed by atoms with van der Waals surface area (Å²) in [5.41, 5.74) is 6.25. The molecule has 1 rings (SSSR count). The predicted molar refractivity (Wildman–Crippen MR) is 84.0 cm³/mol. The van der Waals surface area contributed by atoms with Crippen LogP contribution in [0.3, 0.4) is 0 Å². The van der Waals surface area contributed by atoms with Gasteiger partial charge in [0.1, 0.15) is 4.47 Å². The van der Waals surface area contributed by atoms with Crippen LogP contribution in [0.1, 0.15) is 20.8 Å². The summed E-state index contributed by atoms with van der Waals surface area (Å²) in [5, 5.41) is 13.0. The Balaban J connectivity index is 3.11. The standard InChI is InChI=1S/C13H23BrN4O2/c1-4-17(9-13(2,3)8-15)10-7-16-18(5-6-19)12(20)11(10)14/h7,19H,4-6,8-9,15H2,1-3H3. The smallest absolute Gasteiger partial charge is 0.283 e. The molecule has 0 aliphatic rings. The Morgan fingerprint density at radius 2 is 2.20 bits per heavy atom. The maximum absolute atomic E-state index is 12.1. The lowest BCUT2D eigenvalue weighted by Gasteiger charge is -2.32. The van der Waals surface area contributed by atoms with Crippen LogP contribution in [0.2, 0.25) is 0 Å². The molecule has 1 heterocycles. The maximum atomic E-state index is 12.1. The summed E-state index contributed by atoms with van der Waals surface area (Å²) in [5.74, 6) is 0. The maximum Gasteiger partial charge on any atom is 0.283 e. The van der Waals surface area contributed by atoms with E-state index in [9.17, 15) is 4.79 Å². The largest absolute Gasteiger partial charge is 0.394 e. The minimum atomic E-state index is -0.236. The van der Waals surface area contributed by atoms with E-state index >= 15 is 0 Å². The monoisotopic (exact) mass is 346 g/mol. The molecule has 0 spiro atoms. The van der Waals surface area contributed by atoms with Crippen molar-refractivity contribution in [1.29, 1.82) is 0 Å². The summed E-state index contributed by atoms with van der Waals surface area (Å²) < 4.78 is 1.71. The molecule has 6 nitrogen and oxygen atoms in total. The van der Waals surface area contributed by atoms with Crippen molar-refractivity contribution in [2.24, 2.45) is 11.1 Å². The Labute approximate surface area is 127 Å². The second-order valence-electron chi connectivity index (χ2n) is 5.48. The first kappa shape index (κ1) is 17.1. The van der Waals surface area contributed by atoms with Crippen LogP contribution in [0.25, 0.3) is 0 Å². The van der Waals surface area contributed by atoms with E-state index in [1.807, 2.05) is 6.92 Å².